The van der Waals surface area contributed by atoms with Crippen LogP contribution in [0.1, 0.15) is 77.3 Å². The number of anilines is 2. The maximum Gasteiger partial charge on any atom is 0.451 e. The highest BCUT2D eigenvalue weighted by atomic mass is 32.2. The van der Waals surface area contributed by atoms with Crippen molar-refractivity contribution in [2.75, 3.05) is 54.8 Å². The quantitative estimate of drug-likeness (QED) is 0.0899. The average Bonchev–Trinajstić information content (AvgIpc) is 3.07. The van der Waals surface area contributed by atoms with Crippen LogP contribution in [0.2, 0.25) is 0 Å². The molecule has 3 heterocycles. The third-order valence-electron chi connectivity index (χ3n) is 8.23. The molecule has 2 saturated heterocycles. The molecule has 1 aromatic carbocycles. The lowest BCUT2D eigenvalue weighted by atomic mass is 9.93. The van der Waals surface area contributed by atoms with Crippen LogP contribution < -0.4 is 25.8 Å². The second-order valence-corrected chi connectivity index (χ2v) is 15.2. The number of benzene rings is 1. The Hall–Kier alpha value is -4.40. The number of rotatable bonds is 13. The van der Waals surface area contributed by atoms with Gasteiger partial charge in [-0.25, -0.2) is 14.8 Å². The molecule has 316 valence electrons. The molecule has 0 aliphatic carbocycles. The zero-order chi connectivity index (χ0) is 42.3. The lowest BCUT2D eigenvalue weighted by Gasteiger charge is -2.35. The minimum Gasteiger partial charge on any atom is -0.444 e. The summed E-state index contributed by atoms with van der Waals surface area (Å²) >= 11 is 0. The smallest absolute Gasteiger partial charge is 0.444 e. The molecule has 0 spiro atoms. The maximum absolute atomic E-state index is 13.4. The topological polar surface area (TPSA) is 183 Å². The van der Waals surface area contributed by atoms with Gasteiger partial charge >= 0.3 is 18.4 Å². The number of piperidine rings is 1. The first-order valence-corrected chi connectivity index (χ1v) is 19.7. The van der Waals surface area contributed by atoms with Gasteiger partial charge in [0.25, 0.3) is 10.1 Å². The Morgan fingerprint density at radius 3 is 1.93 bits per heavy atom. The van der Waals surface area contributed by atoms with Gasteiger partial charge < -0.3 is 30.5 Å². The largest absolute Gasteiger partial charge is 0.451 e. The van der Waals surface area contributed by atoms with Crippen LogP contribution in [0, 0.1) is 5.92 Å². The Labute approximate surface area is 322 Å². The molecule has 2 fully saturated rings. The van der Waals surface area contributed by atoms with Gasteiger partial charge in [-0.1, -0.05) is 26.0 Å². The number of nitrogens with one attached hydrogen (secondary N) is 3. The molecular weight excluding hydrogens is 776 g/mol. The first-order valence-electron chi connectivity index (χ1n) is 18.1. The molecule has 0 saturated carbocycles. The summed E-state index contributed by atoms with van der Waals surface area (Å²) in [6.45, 7) is 11.6. The number of nitrogens with zero attached hydrogens (tertiary/aromatic N) is 4. The highest BCUT2D eigenvalue weighted by Crippen LogP contribution is 2.33. The van der Waals surface area contributed by atoms with Gasteiger partial charge in [-0.05, 0) is 76.5 Å². The lowest BCUT2D eigenvalue weighted by molar-refractivity contribution is -0.145. The normalized spacial score (nSPS) is 15.5. The second-order valence-electron chi connectivity index (χ2n) is 13.7. The van der Waals surface area contributed by atoms with E-state index in [1.165, 1.54) is 12.1 Å². The van der Waals surface area contributed by atoms with E-state index in [1.807, 2.05) is 13.8 Å². The molecule has 0 bridgehead atoms. The van der Waals surface area contributed by atoms with Crippen LogP contribution in [0.15, 0.2) is 30.3 Å². The van der Waals surface area contributed by atoms with Crippen molar-refractivity contribution in [3.05, 3.63) is 47.3 Å². The van der Waals surface area contributed by atoms with E-state index in [2.05, 4.69) is 25.9 Å². The molecule has 0 radical (unpaired) electrons. The summed E-state index contributed by atoms with van der Waals surface area (Å²) in [5.41, 5.74) is -0.777. The number of carbonyl (C=O) groups is 3. The molecule has 2 aliphatic heterocycles. The van der Waals surface area contributed by atoms with Gasteiger partial charge in [-0.15, -0.1) is 0 Å². The predicted octanol–water partition coefficient (Wildman–Crippen LogP) is 5.23. The van der Waals surface area contributed by atoms with E-state index in [9.17, 15) is 53.7 Å². The third kappa shape index (κ3) is 17.2. The van der Waals surface area contributed by atoms with E-state index < -0.39 is 63.3 Å². The van der Waals surface area contributed by atoms with Crippen molar-refractivity contribution < 1.29 is 58.4 Å². The first kappa shape index (κ1) is 47.8. The van der Waals surface area contributed by atoms with E-state index in [1.54, 1.807) is 36.6 Å². The lowest BCUT2D eigenvalue weighted by Crippen LogP contribution is -2.51. The highest BCUT2D eigenvalue weighted by molar-refractivity contribution is 7.85. The summed E-state index contributed by atoms with van der Waals surface area (Å²) in [4.78, 5) is 45.5. The summed E-state index contributed by atoms with van der Waals surface area (Å²) in [6.07, 6.45) is -6.15. The monoisotopic (exact) mass is 827 g/mol. The minimum atomic E-state index is -4.66. The van der Waals surface area contributed by atoms with E-state index >= 15 is 0 Å². The average molecular weight is 828 g/mol. The molecule has 21 heteroatoms. The molecule has 4 N–H and O–H groups in total. The van der Waals surface area contributed by atoms with E-state index in [0.29, 0.717) is 64.8 Å². The Morgan fingerprint density at radius 1 is 0.929 bits per heavy atom. The molecule has 2 aliphatic rings. The number of halogens is 6. The Kier molecular flexibility index (Phi) is 18.1. The van der Waals surface area contributed by atoms with Crippen molar-refractivity contribution in [2.24, 2.45) is 5.92 Å². The van der Waals surface area contributed by atoms with E-state index in [4.69, 9.17) is 4.74 Å². The number of carbonyl (C=O) groups excluding carboxylic acids is 3. The first-order chi connectivity index (χ1) is 26.0. The molecule has 56 heavy (non-hydrogen) atoms. The van der Waals surface area contributed by atoms with Crippen LogP contribution in [-0.4, -0.2) is 98.0 Å². The van der Waals surface area contributed by atoms with Gasteiger partial charge in [0.1, 0.15) is 29.0 Å². The van der Waals surface area contributed by atoms with E-state index in [-0.39, 0.29) is 24.1 Å². The molecular formula is C35H51F6N7O7S. The number of hydrogen-bond donors (Lipinski definition) is 4. The third-order valence-corrected chi connectivity index (χ3v) is 8.98. The summed E-state index contributed by atoms with van der Waals surface area (Å²) in [5.74, 6) is -2.33. The summed E-state index contributed by atoms with van der Waals surface area (Å²) in [5, 5.41) is 7.17. The van der Waals surface area contributed by atoms with Gasteiger partial charge in [0.2, 0.25) is 18.1 Å². The number of alkyl halides is 6. The van der Waals surface area contributed by atoms with Crippen molar-refractivity contribution in [3.63, 3.8) is 0 Å². The Balaban J connectivity index is 0.000000531. The Morgan fingerprint density at radius 2 is 1.48 bits per heavy atom. The summed E-state index contributed by atoms with van der Waals surface area (Å²) in [7, 11) is -4.58. The van der Waals surface area contributed by atoms with Crippen LogP contribution in [0.5, 0.6) is 0 Å². The molecule has 1 unspecified atom stereocenters. The summed E-state index contributed by atoms with van der Waals surface area (Å²) in [6, 6.07) is 4.93. The predicted molar refractivity (Wildman–Crippen MR) is 197 cm³/mol. The molecule has 1 aromatic heterocycles. The van der Waals surface area contributed by atoms with Crippen molar-refractivity contribution in [1.29, 1.82) is 0 Å². The van der Waals surface area contributed by atoms with Crippen molar-refractivity contribution >= 4 is 40.2 Å². The molecule has 14 nitrogen and oxygen atoms in total. The Bertz CT molecular complexity index is 1660. The van der Waals surface area contributed by atoms with Crippen LogP contribution in [0.25, 0.3) is 0 Å². The van der Waals surface area contributed by atoms with Crippen LogP contribution >= 0.6 is 0 Å². The molecule has 4 rings (SSSR count). The number of alkyl carbamates (subject to hydrolysis) is 1. The zero-order valence-electron chi connectivity index (χ0n) is 32.0. The fourth-order valence-corrected chi connectivity index (χ4v) is 6.03. The van der Waals surface area contributed by atoms with Gasteiger partial charge in [-0.3, -0.25) is 14.1 Å². The maximum atomic E-state index is 13.4. The van der Waals surface area contributed by atoms with Crippen molar-refractivity contribution in [3.8, 4) is 0 Å². The zero-order valence-corrected chi connectivity index (χ0v) is 32.8. The molecule has 1 atom stereocenters. The number of aromatic nitrogens is 2. The van der Waals surface area contributed by atoms with Crippen molar-refractivity contribution in [2.45, 2.75) is 90.7 Å². The van der Waals surface area contributed by atoms with Crippen LogP contribution in [0.4, 0.5) is 42.8 Å². The SMILES string of the molecule is CC.CC(C)(C)OC(=O)NC(CS(=O)(=O)O)C(=O)NCCC1CCN(c2cc(N3CCC3)nc(C(F)(F)F)n2)CC1.O=CNCCc1ccc(C(F)(F)F)cc1. The molecule has 2 aromatic rings. The van der Waals surface area contributed by atoms with E-state index in [0.717, 1.165) is 24.1 Å². The van der Waals surface area contributed by atoms with Crippen LogP contribution in [0.3, 0.4) is 0 Å². The number of hydrogen-bond acceptors (Lipinski definition) is 10. The van der Waals surface area contributed by atoms with Crippen molar-refractivity contribution in [1.82, 2.24) is 25.9 Å². The minimum absolute atomic E-state index is 0.152. The van der Waals surface area contributed by atoms with Crippen LogP contribution in [-0.2, 0) is 43.2 Å². The van der Waals surface area contributed by atoms with Gasteiger partial charge in [0, 0.05) is 45.3 Å². The number of amides is 3. The molecule has 3 amide bonds. The fraction of sp³-hybridized carbons (Fsp3) is 0.629. The van der Waals surface area contributed by atoms with Gasteiger partial charge in [0.05, 0.1) is 5.56 Å². The number of ether oxygens (including phenoxy) is 1. The van der Waals surface area contributed by atoms with Gasteiger partial charge in [0.15, 0.2) is 0 Å². The standard InChI is InChI=1S/C23H35F3N6O6S.C10H10F3NO.C2H6/c1-22(2,3)38-21(34)28-16(14-39(35,36)37)19(33)27-8-5-15-6-11-32(12-7-15)18-13-17(31-9-4-10-31)29-20(30-18)23(24,25)26;11-10(12,13)9-3-1-8(2-4-9)5-6-14-7-15;1-2/h13,15-16H,4-12,14H2,1-3H3,(H,27,33)(H,28,34)(H,35,36,37);1-4,7H,5-6H2,(H,14,15);1-2H3. The fourth-order valence-electron chi connectivity index (χ4n) is 5.37. The highest BCUT2D eigenvalue weighted by Gasteiger charge is 2.37. The van der Waals surface area contributed by atoms with Gasteiger partial charge in [-0.2, -0.15) is 34.8 Å². The summed E-state index contributed by atoms with van der Waals surface area (Å²) < 4.78 is 114. The second kappa shape index (κ2) is 21.2.